The Hall–Kier alpha value is -1.20. The predicted molar refractivity (Wildman–Crippen MR) is 51.0 cm³/mol. The first-order chi connectivity index (χ1) is 6.90. The van der Waals surface area contributed by atoms with Crippen LogP contribution in [0.1, 0.15) is 5.82 Å². The molecule has 1 aromatic heterocycles. The van der Waals surface area contributed by atoms with Gasteiger partial charge < -0.3 is 14.7 Å². The largest absolute Gasteiger partial charge is 0.388 e. The van der Waals surface area contributed by atoms with Crippen LogP contribution in [0.3, 0.4) is 0 Å². The van der Waals surface area contributed by atoms with Crippen molar-refractivity contribution in [2.75, 3.05) is 31.2 Å². The normalized spacial score (nSPS) is 17.1. The number of ether oxygens (including phenoxy) is 1. The molecule has 0 aliphatic carbocycles. The van der Waals surface area contributed by atoms with Gasteiger partial charge in [-0.1, -0.05) is 0 Å². The molecule has 1 aromatic rings. The van der Waals surface area contributed by atoms with Crippen LogP contribution in [0.25, 0.3) is 0 Å². The lowest BCUT2D eigenvalue weighted by atomic mass is 10.4. The van der Waals surface area contributed by atoms with Gasteiger partial charge in [0.05, 0.1) is 13.2 Å². The second kappa shape index (κ2) is 4.34. The Morgan fingerprint density at radius 2 is 2.21 bits per heavy atom. The maximum absolute atomic E-state index is 8.89. The molecule has 14 heavy (non-hydrogen) atoms. The Balaban J connectivity index is 2.13. The van der Waals surface area contributed by atoms with Crippen LogP contribution in [0, 0.1) is 0 Å². The molecule has 1 fully saturated rings. The van der Waals surface area contributed by atoms with Crippen LogP contribution in [0.5, 0.6) is 0 Å². The van der Waals surface area contributed by atoms with E-state index in [1.165, 1.54) is 0 Å². The summed E-state index contributed by atoms with van der Waals surface area (Å²) in [7, 11) is 0. The maximum Gasteiger partial charge on any atom is 0.156 e. The smallest absolute Gasteiger partial charge is 0.156 e. The van der Waals surface area contributed by atoms with Gasteiger partial charge in [-0.2, -0.15) is 0 Å². The lowest BCUT2D eigenvalue weighted by Gasteiger charge is -2.27. The van der Waals surface area contributed by atoms with Gasteiger partial charge in [-0.25, -0.2) is 9.97 Å². The molecular formula is C9H13N3O2. The molecule has 1 aliphatic heterocycles. The zero-order valence-corrected chi connectivity index (χ0v) is 7.89. The van der Waals surface area contributed by atoms with Gasteiger partial charge in [-0.15, -0.1) is 0 Å². The number of aromatic nitrogens is 2. The molecule has 0 radical (unpaired) electrons. The van der Waals surface area contributed by atoms with Crippen molar-refractivity contribution in [1.82, 2.24) is 9.97 Å². The third-order valence-electron chi connectivity index (χ3n) is 2.17. The summed E-state index contributed by atoms with van der Waals surface area (Å²) in [6.45, 7) is 3.05. The molecule has 76 valence electrons. The summed E-state index contributed by atoms with van der Waals surface area (Å²) >= 11 is 0. The number of hydrogen-bond donors (Lipinski definition) is 1. The molecule has 0 atom stereocenters. The monoisotopic (exact) mass is 195 g/mol. The number of morpholine rings is 1. The van der Waals surface area contributed by atoms with Crippen LogP contribution in [0.2, 0.25) is 0 Å². The molecule has 0 unspecified atom stereocenters. The van der Waals surface area contributed by atoms with Gasteiger partial charge in [0.2, 0.25) is 0 Å². The summed E-state index contributed by atoms with van der Waals surface area (Å²) in [6, 6.07) is 1.85. The van der Waals surface area contributed by atoms with E-state index in [2.05, 4.69) is 14.9 Å². The minimum Gasteiger partial charge on any atom is -0.388 e. The number of hydrogen-bond acceptors (Lipinski definition) is 5. The summed E-state index contributed by atoms with van der Waals surface area (Å²) in [5.41, 5.74) is 0. The van der Waals surface area contributed by atoms with Crippen LogP contribution in [-0.4, -0.2) is 41.4 Å². The summed E-state index contributed by atoms with van der Waals surface area (Å²) in [5.74, 6) is 1.33. The molecule has 0 aromatic carbocycles. The summed E-state index contributed by atoms with van der Waals surface area (Å²) in [4.78, 5) is 10.3. The molecule has 0 bridgehead atoms. The summed E-state index contributed by atoms with van der Waals surface area (Å²) < 4.78 is 5.24. The van der Waals surface area contributed by atoms with Crippen molar-refractivity contribution >= 4 is 5.82 Å². The van der Waals surface area contributed by atoms with Crippen molar-refractivity contribution < 1.29 is 9.84 Å². The zero-order chi connectivity index (χ0) is 9.80. The fourth-order valence-corrected chi connectivity index (χ4v) is 1.43. The Morgan fingerprint density at radius 1 is 1.43 bits per heavy atom. The van der Waals surface area contributed by atoms with Crippen molar-refractivity contribution in [2.24, 2.45) is 0 Å². The molecule has 2 rings (SSSR count). The van der Waals surface area contributed by atoms with E-state index in [-0.39, 0.29) is 6.61 Å². The van der Waals surface area contributed by atoms with Crippen LogP contribution >= 0.6 is 0 Å². The molecule has 1 saturated heterocycles. The lowest BCUT2D eigenvalue weighted by molar-refractivity contribution is 0.122. The highest BCUT2D eigenvalue weighted by molar-refractivity contribution is 5.37. The fourth-order valence-electron chi connectivity index (χ4n) is 1.43. The first-order valence-corrected chi connectivity index (χ1v) is 4.65. The SMILES string of the molecule is OCc1nccc(N2CCOCC2)n1. The molecule has 0 spiro atoms. The quantitative estimate of drug-likeness (QED) is 0.708. The molecule has 2 heterocycles. The highest BCUT2D eigenvalue weighted by Crippen LogP contribution is 2.11. The maximum atomic E-state index is 8.89. The Bertz CT molecular complexity index is 300. The first kappa shape index (κ1) is 9.36. The third kappa shape index (κ3) is 2.00. The number of anilines is 1. The standard InChI is InChI=1S/C9H13N3O2/c13-7-8-10-2-1-9(11-8)12-3-5-14-6-4-12/h1-2,13H,3-7H2. The van der Waals surface area contributed by atoms with Gasteiger partial charge in [0.25, 0.3) is 0 Å². The first-order valence-electron chi connectivity index (χ1n) is 4.65. The average molecular weight is 195 g/mol. The van der Waals surface area contributed by atoms with Crippen LogP contribution in [0.15, 0.2) is 12.3 Å². The number of rotatable bonds is 2. The van der Waals surface area contributed by atoms with Gasteiger partial charge >= 0.3 is 0 Å². The molecule has 5 nitrogen and oxygen atoms in total. The van der Waals surface area contributed by atoms with Crippen LogP contribution in [-0.2, 0) is 11.3 Å². The van der Waals surface area contributed by atoms with E-state index in [0.29, 0.717) is 5.82 Å². The third-order valence-corrected chi connectivity index (χ3v) is 2.17. The number of aliphatic hydroxyl groups excluding tert-OH is 1. The Morgan fingerprint density at radius 3 is 2.93 bits per heavy atom. The van der Waals surface area contributed by atoms with E-state index in [0.717, 1.165) is 32.1 Å². The van der Waals surface area contributed by atoms with E-state index >= 15 is 0 Å². The van der Waals surface area contributed by atoms with Crippen molar-refractivity contribution in [3.05, 3.63) is 18.1 Å². The summed E-state index contributed by atoms with van der Waals surface area (Å²) in [6.07, 6.45) is 1.67. The Kier molecular flexibility index (Phi) is 2.90. The van der Waals surface area contributed by atoms with Gasteiger partial charge in [-0.05, 0) is 6.07 Å². The van der Waals surface area contributed by atoms with Crippen molar-refractivity contribution in [2.45, 2.75) is 6.61 Å². The number of aliphatic hydroxyl groups is 1. The van der Waals surface area contributed by atoms with Gasteiger partial charge in [0.1, 0.15) is 12.4 Å². The van der Waals surface area contributed by atoms with Crippen molar-refractivity contribution in [1.29, 1.82) is 0 Å². The van der Waals surface area contributed by atoms with Gasteiger partial charge in [0, 0.05) is 19.3 Å². The average Bonchev–Trinajstić information content (AvgIpc) is 2.30. The highest BCUT2D eigenvalue weighted by atomic mass is 16.5. The van der Waals surface area contributed by atoms with E-state index in [1.54, 1.807) is 6.20 Å². The van der Waals surface area contributed by atoms with Gasteiger partial charge in [0.15, 0.2) is 5.82 Å². The van der Waals surface area contributed by atoms with E-state index in [9.17, 15) is 0 Å². The van der Waals surface area contributed by atoms with Crippen molar-refractivity contribution in [3.8, 4) is 0 Å². The number of nitrogens with zero attached hydrogens (tertiary/aromatic N) is 3. The molecule has 5 heteroatoms. The minimum atomic E-state index is -0.113. The van der Waals surface area contributed by atoms with Crippen LogP contribution < -0.4 is 4.90 Å². The predicted octanol–water partition coefficient (Wildman–Crippen LogP) is -0.195. The summed E-state index contributed by atoms with van der Waals surface area (Å²) in [5, 5.41) is 8.89. The fraction of sp³-hybridized carbons (Fsp3) is 0.556. The van der Waals surface area contributed by atoms with E-state index in [1.807, 2.05) is 6.07 Å². The second-order valence-electron chi connectivity index (χ2n) is 3.09. The van der Waals surface area contributed by atoms with E-state index < -0.39 is 0 Å². The second-order valence-corrected chi connectivity index (χ2v) is 3.09. The molecule has 0 saturated carbocycles. The lowest BCUT2D eigenvalue weighted by Crippen LogP contribution is -2.36. The van der Waals surface area contributed by atoms with E-state index in [4.69, 9.17) is 9.84 Å². The molecule has 1 N–H and O–H groups in total. The topological polar surface area (TPSA) is 58.5 Å². The Labute approximate surface area is 82.4 Å². The van der Waals surface area contributed by atoms with Crippen molar-refractivity contribution in [3.63, 3.8) is 0 Å². The van der Waals surface area contributed by atoms with Crippen LogP contribution in [0.4, 0.5) is 5.82 Å². The molecule has 0 amide bonds. The van der Waals surface area contributed by atoms with Gasteiger partial charge in [-0.3, -0.25) is 0 Å². The highest BCUT2D eigenvalue weighted by Gasteiger charge is 2.12. The molecular weight excluding hydrogens is 182 g/mol. The zero-order valence-electron chi connectivity index (χ0n) is 7.89. The minimum absolute atomic E-state index is 0.113. The molecule has 1 aliphatic rings.